The topological polar surface area (TPSA) is 91.5 Å². The first-order valence-corrected chi connectivity index (χ1v) is 7.81. The van der Waals surface area contributed by atoms with Crippen LogP contribution in [-0.4, -0.2) is 18.0 Å². The van der Waals surface area contributed by atoms with Crippen LogP contribution in [0.15, 0.2) is 59.6 Å². The fraction of sp³-hybridized carbons (Fsp3) is 0.222. The number of urea groups is 1. The molecule has 0 spiro atoms. The largest absolute Gasteiger partial charge is 0.370 e. The van der Waals surface area contributed by atoms with Gasteiger partial charge in [0.1, 0.15) is 0 Å². The van der Waals surface area contributed by atoms with Gasteiger partial charge in [0.2, 0.25) is 0 Å². The van der Waals surface area contributed by atoms with Gasteiger partial charge >= 0.3 is 6.03 Å². The van der Waals surface area contributed by atoms with Crippen molar-refractivity contribution in [3.05, 3.63) is 60.2 Å². The number of nitrogens with one attached hydrogen (secondary N) is 3. The molecule has 24 heavy (non-hydrogen) atoms. The zero-order valence-corrected chi connectivity index (χ0v) is 13.9. The summed E-state index contributed by atoms with van der Waals surface area (Å²) < 4.78 is 0. The number of hydrogen-bond acceptors (Lipinski definition) is 2. The number of anilines is 2. The summed E-state index contributed by atoms with van der Waals surface area (Å²) in [6, 6.07) is 17.0. The van der Waals surface area contributed by atoms with Gasteiger partial charge in [-0.2, -0.15) is 0 Å². The first-order chi connectivity index (χ1) is 11.5. The number of amides is 2. The van der Waals surface area contributed by atoms with Gasteiger partial charge in [0, 0.05) is 17.4 Å². The molecule has 0 aromatic heterocycles. The van der Waals surface area contributed by atoms with Crippen LogP contribution in [0, 0.1) is 0 Å². The maximum atomic E-state index is 11.6. The normalized spacial score (nSPS) is 11.2. The maximum Gasteiger partial charge on any atom is 0.319 e. The minimum Gasteiger partial charge on any atom is -0.370 e. The van der Waals surface area contributed by atoms with Crippen molar-refractivity contribution in [2.45, 2.75) is 26.4 Å². The Morgan fingerprint density at radius 1 is 1.00 bits per heavy atom. The zero-order valence-electron chi connectivity index (χ0n) is 13.9. The molecule has 0 aliphatic heterocycles. The van der Waals surface area contributed by atoms with Gasteiger partial charge in [0.25, 0.3) is 0 Å². The second-order valence-corrected chi connectivity index (χ2v) is 5.64. The first-order valence-electron chi connectivity index (χ1n) is 7.81. The molecule has 0 radical (unpaired) electrons. The van der Waals surface area contributed by atoms with E-state index in [9.17, 15) is 4.79 Å². The van der Waals surface area contributed by atoms with Crippen molar-refractivity contribution in [1.82, 2.24) is 5.32 Å². The molecule has 2 rings (SSSR count). The molecule has 0 unspecified atom stereocenters. The SMILES string of the molecule is CC(C)NC(=O)Nc1ccc(CN=C(N)Nc2ccccc2)cc1. The summed E-state index contributed by atoms with van der Waals surface area (Å²) in [7, 11) is 0. The van der Waals surface area contributed by atoms with E-state index in [0.29, 0.717) is 12.5 Å². The van der Waals surface area contributed by atoms with Crippen LogP contribution in [0.1, 0.15) is 19.4 Å². The third-order valence-electron chi connectivity index (χ3n) is 3.11. The molecule has 0 bridgehead atoms. The molecule has 126 valence electrons. The average Bonchev–Trinajstić information content (AvgIpc) is 2.54. The fourth-order valence-electron chi connectivity index (χ4n) is 2.01. The number of benzene rings is 2. The van der Waals surface area contributed by atoms with Crippen molar-refractivity contribution in [1.29, 1.82) is 0 Å². The average molecular weight is 325 g/mol. The van der Waals surface area contributed by atoms with Crippen LogP contribution in [0.4, 0.5) is 16.2 Å². The number of nitrogens with two attached hydrogens (primary N) is 1. The molecule has 6 nitrogen and oxygen atoms in total. The molecular weight excluding hydrogens is 302 g/mol. The molecule has 0 fully saturated rings. The highest BCUT2D eigenvalue weighted by Crippen LogP contribution is 2.11. The van der Waals surface area contributed by atoms with Crippen molar-refractivity contribution in [2.24, 2.45) is 10.7 Å². The van der Waals surface area contributed by atoms with E-state index in [4.69, 9.17) is 5.73 Å². The van der Waals surface area contributed by atoms with E-state index in [1.165, 1.54) is 0 Å². The van der Waals surface area contributed by atoms with E-state index < -0.39 is 0 Å². The summed E-state index contributed by atoms with van der Waals surface area (Å²) in [5.74, 6) is 0.361. The van der Waals surface area contributed by atoms with Crippen LogP contribution in [0.2, 0.25) is 0 Å². The standard InChI is InChI=1S/C18H23N5O/c1-13(2)21-18(24)23-16-10-8-14(9-11-16)12-20-17(19)22-15-6-4-3-5-7-15/h3-11,13H,12H2,1-2H3,(H3,19,20,22)(H2,21,23,24). The summed E-state index contributed by atoms with van der Waals surface area (Å²) in [4.78, 5) is 15.9. The Labute approximate surface area is 142 Å². The molecule has 5 N–H and O–H groups in total. The molecule has 0 heterocycles. The third-order valence-corrected chi connectivity index (χ3v) is 3.11. The third kappa shape index (κ3) is 6.00. The van der Waals surface area contributed by atoms with Crippen LogP contribution in [0.25, 0.3) is 0 Å². The van der Waals surface area contributed by atoms with E-state index in [2.05, 4.69) is 20.9 Å². The lowest BCUT2D eigenvalue weighted by Gasteiger charge is -2.10. The number of para-hydroxylation sites is 1. The molecule has 2 aromatic rings. The van der Waals surface area contributed by atoms with Crippen molar-refractivity contribution < 1.29 is 4.79 Å². The Morgan fingerprint density at radius 3 is 2.25 bits per heavy atom. The second kappa shape index (κ2) is 8.57. The molecule has 2 aromatic carbocycles. The minimum atomic E-state index is -0.216. The molecule has 0 aliphatic rings. The van der Waals surface area contributed by atoms with Crippen LogP contribution in [-0.2, 0) is 6.54 Å². The number of nitrogens with zero attached hydrogens (tertiary/aromatic N) is 1. The van der Waals surface area contributed by atoms with Crippen molar-refractivity contribution in [3.8, 4) is 0 Å². The van der Waals surface area contributed by atoms with Crippen LogP contribution in [0.5, 0.6) is 0 Å². The molecular formula is C18H23N5O. The van der Waals surface area contributed by atoms with Crippen molar-refractivity contribution in [3.63, 3.8) is 0 Å². The molecule has 0 atom stereocenters. The highest BCUT2D eigenvalue weighted by atomic mass is 16.2. The Balaban J connectivity index is 1.87. The van der Waals surface area contributed by atoms with E-state index in [-0.39, 0.29) is 12.1 Å². The number of hydrogen-bond donors (Lipinski definition) is 4. The Morgan fingerprint density at radius 2 is 1.62 bits per heavy atom. The summed E-state index contributed by atoms with van der Waals surface area (Å²) in [5, 5.41) is 8.58. The smallest absolute Gasteiger partial charge is 0.319 e. The quantitative estimate of drug-likeness (QED) is 0.503. The Hall–Kier alpha value is -3.02. The summed E-state index contributed by atoms with van der Waals surface area (Å²) >= 11 is 0. The first kappa shape index (κ1) is 17.3. The molecule has 2 amide bonds. The summed E-state index contributed by atoms with van der Waals surface area (Å²) in [5.41, 5.74) is 8.50. The predicted octanol–water partition coefficient (Wildman–Crippen LogP) is 3.14. The second-order valence-electron chi connectivity index (χ2n) is 5.64. The molecule has 6 heteroatoms. The lowest BCUT2D eigenvalue weighted by molar-refractivity contribution is 0.250. The Bertz CT molecular complexity index is 680. The number of guanidine groups is 1. The van der Waals surface area contributed by atoms with Gasteiger partial charge in [-0.15, -0.1) is 0 Å². The lowest BCUT2D eigenvalue weighted by atomic mass is 10.2. The van der Waals surface area contributed by atoms with E-state index in [1.54, 1.807) is 0 Å². The van der Waals surface area contributed by atoms with Gasteiger partial charge in [0.15, 0.2) is 5.96 Å². The van der Waals surface area contributed by atoms with E-state index in [0.717, 1.165) is 16.9 Å². The number of rotatable bonds is 5. The molecule has 0 saturated heterocycles. The van der Waals surface area contributed by atoms with Gasteiger partial charge in [-0.3, -0.25) is 0 Å². The predicted molar refractivity (Wildman–Crippen MR) is 99.1 cm³/mol. The highest BCUT2D eigenvalue weighted by Gasteiger charge is 2.03. The van der Waals surface area contributed by atoms with Crippen molar-refractivity contribution in [2.75, 3.05) is 10.6 Å². The fourth-order valence-corrected chi connectivity index (χ4v) is 2.01. The van der Waals surface area contributed by atoms with Gasteiger partial charge < -0.3 is 21.7 Å². The van der Waals surface area contributed by atoms with Gasteiger partial charge in [-0.1, -0.05) is 30.3 Å². The summed E-state index contributed by atoms with van der Waals surface area (Å²) in [6.07, 6.45) is 0. The Kier molecular flexibility index (Phi) is 6.19. The summed E-state index contributed by atoms with van der Waals surface area (Å²) in [6.45, 7) is 4.28. The highest BCUT2D eigenvalue weighted by molar-refractivity contribution is 5.92. The van der Waals surface area contributed by atoms with Crippen LogP contribution >= 0.6 is 0 Å². The van der Waals surface area contributed by atoms with Gasteiger partial charge in [-0.25, -0.2) is 9.79 Å². The molecule has 0 aliphatic carbocycles. The van der Waals surface area contributed by atoms with Gasteiger partial charge in [-0.05, 0) is 43.7 Å². The monoisotopic (exact) mass is 325 g/mol. The van der Waals surface area contributed by atoms with Crippen LogP contribution < -0.4 is 21.7 Å². The molecule has 0 saturated carbocycles. The number of carbonyl (C=O) groups excluding carboxylic acids is 1. The van der Waals surface area contributed by atoms with Crippen LogP contribution in [0.3, 0.4) is 0 Å². The minimum absolute atomic E-state index is 0.0960. The maximum absolute atomic E-state index is 11.6. The lowest BCUT2D eigenvalue weighted by Crippen LogP contribution is -2.34. The van der Waals surface area contributed by atoms with E-state index in [1.807, 2.05) is 68.4 Å². The van der Waals surface area contributed by atoms with E-state index >= 15 is 0 Å². The number of aliphatic imine (C=N–C) groups is 1. The number of carbonyl (C=O) groups is 1. The zero-order chi connectivity index (χ0) is 17.4. The van der Waals surface area contributed by atoms with Gasteiger partial charge in [0.05, 0.1) is 6.54 Å². The van der Waals surface area contributed by atoms with Crippen molar-refractivity contribution >= 4 is 23.4 Å².